The van der Waals surface area contributed by atoms with Crippen LogP contribution >= 0.6 is 0 Å². The highest BCUT2D eigenvalue weighted by Gasteiger charge is 2.36. The summed E-state index contributed by atoms with van der Waals surface area (Å²) >= 11 is 0. The summed E-state index contributed by atoms with van der Waals surface area (Å²) < 4.78 is 33.8. The van der Waals surface area contributed by atoms with E-state index < -0.39 is 11.4 Å². The molecule has 0 saturated carbocycles. The molecule has 3 aromatic rings. The summed E-state index contributed by atoms with van der Waals surface area (Å²) in [6, 6.07) is 15.1. The maximum absolute atomic E-state index is 13.8. The van der Waals surface area contributed by atoms with Crippen LogP contribution in [0.4, 0.5) is 4.39 Å². The fourth-order valence-corrected chi connectivity index (χ4v) is 5.08. The molecule has 1 saturated heterocycles. The summed E-state index contributed by atoms with van der Waals surface area (Å²) in [5.41, 5.74) is 3.61. The Morgan fingerprint density at radius 1 is 1.14 bits per heavy atom. The van der Waals surface area contributed by atoms with Gasteiger partial charge in [-0.15, -0.1) is 0 Å². The van der Waals surface area contributed by atoms with E-state index in [4.69, 9.17) is 14.2 Å². The van der Waals surface area contributed by atoms with Gasteiger partial charge < -0.3 is 18.8 Å². The van der Waals surface area contributed by atoms with Crippen molar-refractivity contribution in [2.24, 2.45) is 0 Å². The number of rotatable bonds is 6. The molecule has 2 atom stereocenters. The number of fused-ring (bicyclic) bond motifs is 1. The molecule has 2 heterocycles. The molecule has 198 valence electrons. The van der Waals surface area contributed by atoms with Gasteiger partial charge >= 0.3 is 5.97 Å². The Labute approximate surface area is 219 Å². The van der Waals surface area contributed by atoms with Gasteiger partial charge in [0.15, 0.2) is 5.79 Å². The van der Waals surface area contributed by atoms with Crippen LogP contribution in [0.1, 0.15) is 73.0 Å². The molecular weight excluding hydrogens is 469 g/mol. The number of hydrogen-bond donors (Lipinski definition) is 0. The van der Waals surface area contributed by atoms with Crippen LogP contribution in [0.5, 0.6) is 0 Å². The van der Waals surface area contributed by atoms with E-state index in [0.29, 0.717) is 6.42 Å². The number of para-hydroxylation sites is 1. The number of nitrogens with zero attached hydrogens (tertiary/aromatic N) is 1. The van der Waals surface area contributed by atoms with Gasteiger partial charge in [0, 0.05) is 34.6 Å². The third-order valence-electron chi connectivity index (χ3n) is 6.26. The lowest BCUT2D eigenvalue weighted by molar-refractivity contribution is -0.290. The molecule has 0 unspecified atom stereocenters. The van der Waals surface area contributed by atoms with Crippen molar-refractivity contribution in [3.8, 4) is 11.1 Å². The van der Waals surface area contributed by atoms with Crippen molar-refractivity contribution < 1.29 is 23.4 Å². The quantitative estimate of drug-likeness (QED) is 0.321. The average molecular weight is 508 g/mol. The Kier molecular flexibility index (Phi) is 7.63. The SMILES string of the molecule is CC(C)n1c(/C=C/[C@H]2C[C@@H](CC(=O)OC(C)(C)C)OC(C)(C)O2)c(-c2ccc(F)cc2)c2ccccc21. The van der Waals surface area contributed by atoms with Crippen molar-refractivity contribution >= 4 is 22.9 Å². The molecule has 37 heavy (non-hydrogen) atoms. The second-order valence-corrected chi connectivity index (χ2v) is 11.4. The normalized spacial score (nSPS) is 20.1. The first-order valence-corrected chi connectivity index (χ1v) is 13.0. The molecule has 2 aromatic carbocycles. The first-order valence-electron chi connectivity index (χ1n) is 13.0. The lowest BCUT2D eigenvalue weighted by Gasteiger charge is -2.39. The molecule has 1 fully saturated rings. The molecule has 5 nitrogen and oxygen atoms in total. The third kappa shape index (κ3) is 6.49. The van der Waals surface area contributed by atoms with Gasteiger partial charge in [-0.3, -0.25) is 4.79 Å². The van der Waals surface area contributed by atoms with Gasteiger partial charge in [0.05, 0.1) is 18.6 Å². The highest BCUT2D eigenvalue weighted by molar-refractivity contribution is 6.01. The highest BCUT2D eigenvalue weighted by Crippen LogP contribution is 2.38. The van der Waals surface area contributed by atoms with E-state index in [2.05, 4.69) is 36.6 Å². The van der Waals surface area contributed by atoms with E-state index in [1.807, 2.05) is 65.0 Å². The number of aromatic nitrogens is 1. The van der Waals surface area contributed by atoms with Gasteiger partial charge in [0.1, 0.15) is 11.4 Å². The average Bonchev–Trinajstić information content (AvgIpc) is 3.10. The highest BCUT2D eigenvalue weighted by atomic mass is 19.1. The van der Waals surface area contributed by atoms with Gasteiger partial charge in [-0.25, -0.2) is 4.39 Å². The second-order valence-electron chi connectivity index (χ2n) is 11.4. The Morgan fingerprint density at radius 2 is 1.81 bits per heavy atom. The molecule has 1 aliphatic rings. The monoisotopic (exact) mass is 507 g/mol. The summed E-state index contributed by atoms with van der Waals surface area (Å²) in [6.45, 7) is 13.6. The lowest BCUT2D eigenvalue weighted by atomic mass is 10.0. The van der Waals surface area contributed by atoms with Gasteiger partial charge in [-0.2, -0.15) is 0 Å². The predicted molar refractivity (Wildman–Crippen MR) is 146 cm³/mol. The summed E-state index contributed by atoms with van der Waals surface area (Å²) in [6.07, 6.45) is 4.27. The van der Waals surface area contributed by atoms with Gasteiger partial charge in [-0.1, -0.05) is 36.4 Å². The number of carbonyl (C=O) groups is 1. The standard InChI is InChI=1S/C31H38FNO4/c1-20(2)33-26-11-9-8-10-25(26)29(21-12-14-22(32)15-13-21)27(33)17-16-23-18-24(36-31(6,7)35-23)19-28(34)37-30(3,4)5/h8-17,20,23-24H,18-19H2,1-7H3/b17-16+/t23-,24-/m0/s1. The number of esters is 1. The number of benzene rings is 2. The first kappa shape index (κ1) is 27.1. The molecule has 1 aliphatic heterocycles. The van der Waals surface area contributed by atoms with E-state index >= 15 is 0 Å². The topological polar surface area (TPSA) is 49.7 Å². The molecule has 0 aliphatic carbocycles. The van der Waals surface area contributed by atoms with Crippen molar-refractivity contribution in [1.82, 2.24) is 4.57 Å². The summed E-state index contributed by atoms with van der Waals surface area (Å²) in [5.74, 6) is -1.39. The summed E-state index contributed by atoms with van der Waals surface area (Å²) in [5, 5.41) is 1.11. The smallest absolute Gasteiger partial charge is 0.308 e. The number of hydrogen-bond acceptors (Lipinski definition) is 4. The van der Waals surface area contributed by atoms with E-state index in [-0.39, 0.29) is 36.5 Å². The molecule has 0 radical (unpaired) electrons. The predicted octanol–water partition coefficient (Wildman–Crippen LogP) is 7.68. The zero-order valence-electron chi connectivity index (χ0n) is 22.9. The maximum atomic E-state index is 13.8. The van der Waals surface area contributed by atoms with Gasteiger partial charge in [0.2, 0.25) is 0 Å². The number of halogens is 1. The van der Waals surface area contributed by atoms with Gasteiger partial charge in [0.25, 0.3) is 0 Å². The van der Waals surface area contributed by atoms with Crippen LogP contribution in [0.15, 0.2) is 54.6 Å². The fourth-order valence-electron chi connectivity index (χ4n) is 5.08. The Morgan fingerprint density at radius 3 is 2.46 bits per heavy atom. The van der Waals surface area contributed by atoms with Crippen LogP contribution in [0.25, 0.3) is 28.1 Å². The molecule has 0 spiro atoms. The van der Waals surface area contributed by atoms with Crippen LogP contribution in [0, 0.1) is 5.82 Å². The minimum Gasteiger partial charge on any atom is -0.460 e. The Balaban J connectivity index is 1.70. The summed E-state index contributed by atoms with van der Waals surface area (Å²) in [4.78, 5) is 12.5. The first-order chi connectivity index (χ1) is 17.3. The summed E-state index contributed by atoms with van der Waals surface area (Å²) in [7, 11) is 0. The Bertz CT molecular complexity index is 1280. The molecule has 0 N–H and O–H groups in total. The second kappa shape index (κ2) is 10.4. The van der Waals surface area contributed by atoms with Crippen LogP contribution < -0.4 is 0 Å². The molecule has 4 rings (SSSR count). The minimum absolute atomic E-state index is 0.168. The largest absolute Gasteiger partial charge is 0.460 e. The minimum atomic E-state index is -0.843. The van der Waals surface area contributed by atoms with E-state index in [9.17, 15) is 9.18 Å². The van der Waals surface area contributed by atoms with E-state index in [1.54, 1.807) is 0 Å². The van der Waals surface area contributed by atoms with Crippen LogP contribution in [0.2, 0.25) is 0 Å². The van der Waals surface area contributed by atoms with Crippen molar-refractivity contribution in [2.45, 2.75) is 90.9 Å². The van der Waals surface area contributed by atoms with Crippen LogP contribution in [-0.4, -0.2) is 34.1 Å². The van der Waals surface area contributed by atoms with Crippen molar-refractivity contribution in [1.29, 1.82) is 0 Å². The molecule has 0 bridgehead atoms. The van der Waals surface area contributed by atoms with Crippen molar-refractivity contribution in [3.63, 3.8) is 0 Å². The zero-order chi connectivity index (χ0) is 27.0. The zero-order valence-corrected chi connectivity index (χ0v) is 22.9. The van der Waals surface area contributed by atoms with E-state index in [1.165, 1.54) is 12.1 Å². The maximum Gasteiger partial charge on any atom is 0.308 e. The lowest BCUT2D eigenvalue weighted by Crippen LogP contribution is -2.45. The van der Waals surface area contributed by atoms with Gasteiger partial charge in [-0.05, 0) is 78.3 Å². The molecule has 6 heteroatoms. The molecular formula is C31H38FNO4. The molecule has 1 aromatic heterocycles. The number of ether oxygens (including phenoxy) is 3. The van der Waals surface area contributed by atoms with Crippen molar-refractivity contribution in [2.75, 3.05) is 0 Å². The van der Waals surface area contributed by atoms with Crippen LogP contribution in [0.3, 0.4) is 0 Å². The molecule has 0 amide bonds. The Hall–Kier alpha value is -2.96. The van der Waals surface area contributed by atoms with Crippen LogP contribution in [-0.2, 0) is 19.0 Å². The van der Waals surface area contributed by atoms with E-state index in [0.717, 1.165) is 27.7 Å². The van der Waals surface area contributed by atoms with Crippen molar-refractivity contribution in [3.05, 3.63) is 66.1 Å². The fraction of sp³-hybridized carbons (Fsp3) is 0.452. The third-order valence-corrected chi connectivity index (χ3v) is 6.26. The number of carbonyl (C=O) groups excluding carboxylic acids is 1.